The molecule has 0 amide bonds. The Morgan fingerprint density at radius 1 is 0.446 bits per heavy atom. The second kappa shape index (κ2) is 37.5. The Kier molecular flexibility index (Phi) is 27.5. The number of hydrogen-bond donors (Lipinski definition) is 5. The van der Waals surface area contributed by atoms with E-state index in [1.165, 1.54) is 43.8 Å². The highest BCUT2D eigenvalue weighted by Gasteiger charge is 2.56. The van der Waals surface area contributed by atoms with Crippen molar-refractivity contribution in [2.75, 3.05) is 149 Å². The zero-order valence-electron chi connectivity index (χ0n) is 72.8. The zero-order chi connectivity index (χ0) is 93.5. The molecule has 700 valence electrons. The summed E-state index contributed by atoms with van der Waals surface area (Å²) in [7, 11) is -7.59. The molecule has 8 fully saturated rings. The van der Waals surface area contributed by atoms with E-state index in [0.29, 0.717) is 171 Å². The Bertz CT molecular complexity index is 5970. The van der Waals surface area contributed by atoms with E-state index in [0.717, 1.165) is 62.5 Å². The lowest BCUT2D eigenvalue weighted by Crippen LogP contribution is -2.48. The number of halogens is 9. The van der Waals surface area contributed by atoms with Crippen LogP contribution >= 0.6 is 0 Å². The van der Waals surface area contributed by atoms with Crippen molar-refractivity contribution in [1.29, 1.82) is 0 Å². The second-order valence-electron chi connectivity index (χ2n) is 33.7. The molecule has 12 heterocycles. The van der Waals surface area contributed by atoms with E-state index in [9.17, 15) is 64.8 Å². The van der Waals surface area contributed by atoms with Gasteiger partial charge in [0.15, 0.2) is 29.5 Å². The lowest BCUT2D eigenvalue weighted by molar-refractivity contribution is -0.137. The van der Waals surface area contributed by atoms with E-state index in [-0.39, 0.29) is 115 Å². The minimum atomic E-state index is -4.73. The molecule has 9 N–H and O–H groups in total. The number of alkyl halides is 9. The molecule has 33 nitrogen and oxygen atoms in total. The first kappa shape index (κ1) is 95.4. The van der Waals surface area contributed by atoms with Crippen LogP contribution in [-0.4, -0.2) is 219 Å². The molecule has 0 bridgehead atoms. The van der Waals surface area contributed by atoms with E-state index in [4.69, 9.17) is 61.6 Å². The third-order valence-corrected chi connectivity index (χ3v) is 32.8. The van der Waals surface area contributed by atoms with Crippen molar-refractivity contribution in [2.24, 2.45) is 0 Å². The van der Waals surface area contributed by atoms with Crippen molar-refractivity contribution in [3.63, 3.8) is 0 Å². The maximum Gasteiger partial charge on any atom is 0.417 e. The number of aromatic nitrogens is 13. The smallest absolute Gasteiger partial charge is 0.417 e. The highest BCUT2D eigenvalue weighted by atomic mass is 32.2. The summed E-state index contributed by atoms with van der Waals surface area (Å²) in [6.45, 7) is 15.3. The maximum atomic E-state index is 14.0. The summed E-state index contributed by atoms with van der Waals surface area (Å²) in [4.78, 5) is 64.6. The number of anilines is 8. The van der Waals surface area contributed by atoms with Gasteiger partial charge in [-0.3, -0.25) is 0 Å². The first-order chi connectivity index (χ1) is 61.5. The van der Waals surface area contributed by atoms with E-state index >= 15 is 0 Å². The van der Waals surface area contributed by atoms with Gasteiger partial charge in [-0.2, -0.15) is 44.5 Å². The number of rotatable bonds is 19. The molecule has 4 aliphatic heterocycles. The van der Waals surface area contributed by atoms with Gasteiger partial charge in [0.05, 0.1) is 162 Å². The van der Waals surface area contributed by atoms with Crippen LogP contribution in [-0.2, 0) is 86.8 Å². The highest BCUT2D eigenvalue weighted by Crippen LogP contribution is 2.55. The van der Waals surface area contributed by atoms with Crippen molar-refractivity contribution in [1.82, 2.24) is 70.1 Å². The maximum absolute atomic E-state index is 14.0. The summed E-state index contributed by atoms with van der Waals surface area (Å²) < 4.78 is 228. The van der Waals surface area contributed by atoms with E-state index < -0.39 is 84.2 Å². The predicted octanol–water partition coefficient (Wildman–Crippen LogP) is 11.5. The number of nitrogens with two attached hydrogens (primary N) is 4. The number of hydrogen-bond acceptors (Lipinski definition) is 33. The highest BCUT2D eigenvalue weighted by molar-refractivity contribution is 7.93. The van der Waals surface area contributed by atoms with E-state index in [2.05, 4.69) is 55.2 Å². The first-order valence-electron chi connectivity index (χ1n) is 42.5. The normalized spacial score (nSPS) is 20.3. The van der Waals surface area contributed by atoms with Gasteiger partial charge >= 0.3 is 18.5 Å². The van der Waals surface area contributed by atoms with Crippen LogP contribution in [0.15, 0.2) is 102 Å². The number of nitrogens with zero attached hydrogens (tertiary/aromatic N) is 17. The number of methoxy groups -OCH3 is 1. The molecule has 8 aliphatic rings. The molecular weight excluding hydrogens is 1770 g/mol. The molecular formula is C85H103F9N22O11S3. The summed E-state index contributed by atoms with van der Waals surface area (Å²) in [6.07, 6.45) is -0.689. The Morgan fingerprint density at radius 3 is 1.15 bits per heavy atom. The molecule has 8 aromatic heterocycles. The summed E-state index contributed by atoms with van der Waals surface area (Å²) in [5, 5.41) is 2.65. The summed E-state index contributed by atoms with van der Waals surface area (Å²) >= 11 is 0. The van der Waals surface area contributed by atoms with E-state index in [1.807, 2.05) is 42.5 Å². The molecule has 9 aromatic rings. The van der Waals surface area contributed by atoms with Crippen molar-refractivity contribution < 1.29 is 88.5 Å². The van der Waals surface area contributed by atoms with Crippen molar-refractivity contribution in [3.05, 3.63) is 137 Å². The predicted molar refractivity (Wildman–Crippen MR) is 468 cm³/mol. The quantitative estimate of drug-likeness (QED) is 0.0469. The molecule has 4 aliphatic carbocycles. The minimum absolute atomic E-state index is 0.0143. The van der Waals surface area contributed by atoms with Gasteiger partial charge in [-0.05, 0) is 173 Å². The van der Waals surface area contributed by atoms with Gasteiger partial charge in [0.2, 0.25) is 35.6 Å². The van der Waals surface area contributed by atoms with Crippen molar-refractivity contribution in [3.8, 4) is 50.9 Å². The fourth-order valence-corrected chi connectivity index (χ4v) is 23.0. The van der Waals surface area contributed by atoms with Gasteiger partial charge in [-0.25, -0.2) is 85.1 Å². The van der Waals surface area contributed by atoms with Crippen LogP contribution in [0, 0.1) is 0 Å². The Morgan fingerprint density at radius 2 is 0.800 bits per heavy atom. The molecule has 4 saturated heterocycles. The third-order valence-electron chi connectivity index (χ3n) is 25.3. The monoisotopic (exact) mass is 1870 g/mol. The Labute approximate surface area is 746 Å². The summed E-state index contributed by atoms with van der Waals surface area (Å²) in [6, 6.07) is 16.4. The molecule has 0 radical (unpaired) electrons. The fraction of sp³-hybridized carbons (Fsp3) is 0.518. The summed E-state index contributed by atoms with van der Waals surface area (Å²) in [5.74, 6) is 0.823. The number of morpholine rings is 4. The van der Waals surface area contributed by atoms with Crippen LogP contribution in [0.4, 0.5) is 86.7 Å². The average molecular weight is 1880 g/mol. The molecule has 17 rings (SSSR count). The average Bonchev–Trinajstić information content (AvgIpc) is 1.47. The van der Waals surface area contributed by atoms with Crippen molar-refractivity contribution >= 4 is 76.7 Å². The van der Waals surface area contributed by atoms with Crippen LogP contribution in [0.25, 0.3) is 45.0 Å². The molecule has 0 spiro atoms. The SMILES string of the molecule is CC(C)S(=O)(=O)C1(c2cc(-c3cnc(N)cc3C(F)(F)F)nc(N3CCOCC3)n2)CCC1.CNC1(c2cc(-c3cnc(N)cc3C(F)(F)F)nc(N3CCOC[C@H]3C)n2)CCC1.COc1nc(N)ncc1-c1cc(C2(S(C)(=O)=O)CCC2)nc(N2CCOC[C@@H]2C)n1.C[C@H]1COCCN1c1nc(-c2cnc(N)cc2C(F)(F)F)cc(C2(S(=O)(=O)c3ccccc3)CCC2)n1. The minimum Gasteiger partial charge on any atom is -0.480 e. The lowest BCUT2D eigenvalue weighted by atomic mass is 9.74. The van der Waals surface area contributed by atoms with Crippen molar-refractivity contribution in [2.45, 2.75) is 178 Å². The topological polar surface area (TPSA) is 445 Å². The van der Waals surface area contributed by atoms with Gasteiger partial charge < -0.3 is 71.5 Å². The van der Waals surface area contributed by atoms with Gasteiger partial charge in [0.1, 0.15) is 31.7 Å². The molecule has 45 heteroatoms. The van der Waals surface area contributed by atoms with E-state index in [1.54, 1.807) is 49.1 Å². The number of nitrogen functional groups attached to an aromatic ring is 4. The molecule has 3 atom stereocenters. The molecule has 130 heavy (non-hydrogen) atoms. The van der Waals surface area contributed by atoms with Gasteiger partial charge in [-0.15, -0.1) is 0 Å². The van der Waals surface area contributed by atoms with Crippen LogP contribution in [0.2, 0.25) is 0 Å². The van der Waals surface area contributed by atoms with Gasteiger partial charge in [0, 0.05) is 80.5 Å². The van der Waals surface area contributed by atoms with Crippen LogP contribution in [0.5, 0.6) is 5.88 Å². The number of nitrogens with one attached hydrogen (secondary N) is 1. The molecule has 4 saturated carbocycles. The number of benzene rings is 1. The van der Waals surface area contributed by atoms with Gasteiger partial charge in [-0.1, -0.05) is 18.2 Å². The lowest BCUT2D eigenvalue weighted by Gasteiger charge is -2.42. The Hall–Kier alpha value is -10.7. The molecule has 0 unspecified atom stereocenters. The van der Waals surface area contributed by atoms with Gasteiger partial charge in [0.25, 0.3) is 0 Å². The summed E-state index contributed by atoms with van der Waals surface area (Å²) in [5.41, 5.74) is 21.2. The number of pyridine rings is 3. The first-order valence-corrected chi connectivity index (χ1v) is 47.4. The zero-order valence-corrected chi connectivity index (χ0v) is 75.2. The Balaban J connectivity index is 0.000000140. The fourth-order valence-electron chi connectivity index (χ4n) is 17.1. The van der Waals surface area contributed by atoms with Crippen LogP contribution in [0.3, 0.4) is 0 Å². The second-order valence-corrected chi connectivity index (χ2v) is 41.1. The number of sulfone groups is 3. The van der Waals surface area contributed by atoms with Crippen LogP contribution in [0.1, 0.15) is 151 Å². The largest absolute Gasteiger partial charge is 0.480 e. The number of ether oxygens (including phenoxy) is 5. The molecule has 1 aromatic carbocycles. The third kappa shape index (κ3) is 19.1. The standard InChI is InChI=1S/C25H26F3N5O3S.C21H26F3N5O3S.C20H25F3N6O.C19H26N6O4S/c1-16-15-36-11-10-33(16)23-31-20(18-14-30-22(29)12-19(18)25(26,27)28)13-21(32-23)24(8-5-9-24)37(34,35)17-6-3-2-4-7-17;1-13(2)33(30,31)20(4-3-5-20)17-11-16(27-19(28-17)29-6-8-32-9-7-29)14-12-26-18(25)10-15(14)21(22,23)24;1-12-11-30-7-6-29(12)18-27-15(9-16(28-18)19(25-2)4-3-5-19)13-10-26-17(24)8-14(13)20(21,22)23;1-12-11-29-8-7-25(12)18-22-14(13-10-21-17(20)24-16(13)28-2)9-15(23-18)19(5-4-6-19)30(3,26)27/h2-4,6-7,12-14,16H,5,8-11,15H2,1H3,(H2,29,30);10-13H,3-9H2,1-2H3,(H2,25,26);8-10,12,25H,3-7,11H2,1-2H3,(H2,24,26);9-10,12H,4-8,11H2,1-3H3,(H2,20,21,24)/t16-;;2*12-/m0.10/s1. The van der Waals surface area contributed by atoms with Crippen LogP contribution < -0.4 is 52.6 Å².